The quantitative estimate of drug-likeness (QED) is 0.550. The predicted molar refractivity (Wildman–Crippen MR) is 45.2 cm³/mol. The molecule has 0 amide bonds. The second-order valence-electron chi connectivity index (χ2n) is 3.12. The first kappa shape index (κ1) is 9.96. The summed E-state index contributed by atoms with van der Waals surface area (Å²) in [7, 11) is 0. The van der Waals surface area contributed by atoms with Crippen LogP contribution in [0.2, 0.25) is 0 Å². The molecule has 1 aliphatic heterocycles. The summed E-state index contributed by atoms with van der Waals surface area (Å²) >= 11 is 0. The maximum absolute atomic E-state index is 4.94. The highest BCUT2D eigenvalue weighted by Crippen LogP contribution is 1.98. The molecular weight excluding hydrogens is 124 g/mol. The molecule has 1 rings (SSSR count). The van der Waals surface area contributed by atoms with Crippen molar-refractivity contribution in [2.45, 2.75) is 40.0 Å². The van der Waals surface area contributed by atoms with Gasteiger partial charge in [0.25, 0.3) is 0 Å². The van der Waals surface area contributed by atoms with Crippen LogP contribution >= 0.6 is 0 Å². The largest absolute Gasteiger partial charge is 0.381 e. The third-order valence-corrected chi connectivity index (χ3v) is 1.64. The molecule has 0 aromatic heterocycles. The monoisotopic (exact) mass is 144 g/mol. The number of rotatable bonds is 1. The topological polar surface area (TPSA) is 9.23 Å². The summed E-state index contributed by atoms with van der Waals surface area (Å²) in [6.07, 6.45) is 3.86. The molecule has 0 aliphatic carbocycles. The Kier molecular flexibility index (Phi) is 7.04. The van der Waals surface area contributed by atoms with Crippen LogP contribution in [0.25, 0.3) is 0 Å². The molecular formula is C9H20O. The van der Waals surface area contributed by atoms with E-state index in [4.69, 9.17) is 4.74 Å². The van der Waals surface area contributed by atoms with Gasteiger partial charge in [-0.2, -0.15) is 0 Å². The number of hydrogen-bond acceptors (Lipinski definition) is 1. The van der Waals surface area contributed by atoms with Crippen LogP contribution in [0.3, 0.4) is 0 Å². The minimum absolute atomic E-state index is 0.884. The molecule has 0 bridgehead atoms. The Bertz CT molecular complexity index is 48.1. The lowest BCUT2D eigenvalue weighted by Crippen LogP contribution is -1.77. The Hall–Kier alpha value is -0.0400. The van der Waals surface area contributed by atoms with E-state index < -0.39 is 0 Å². The van der Waals surface area contributed by atoms with Crippen molar-refractivity contribution in [2.75, 3.05) is 13.2 Å². The lowest BCUT2D eigenvalue weighted by atomic mass is 10.2. The number of ether oxygens (including phenoxy) is 1. The molecule has 0 aromatic rings. The van der Waals surface area contributed by atoms with E-state index in [1.165, 1.54) is 19.3 Å². The van der Waals surface area contributed by atoms with E-state index in [-0.39, 0.29) is 0 Å². The van der Waals surface area contributed by atoms with Gasteiger partial charge in [0.1, 0.15) is 0 Å². The van der Waals surface area contributed by atoms with Crippen molar-refractivity contribution >= 4 is 0 Å². The Labute approximate surface area is 64.8 Å². The Morgan fingerprint density at radius 3 is 1.70 bits per heavy atom. The van der Waals surface area contributed by atoms with Gasteiger partial charge in [0.05, 0.1) is 0 Å². The molecule has 0 spiro atoms. The molecule has 1 nitrogen and oxygen atoms in total. The first-order valence-electron chi connectivity index (χ1n) is 4.35. The van der Waals surface area contributed by atoms with Gasteiger partial charge < -0.3 is 4.74 Å². The van der Waals surface area contributed by atoms with Gasteiger partial charge in [-0.3, -0.25) is 0 Å². The van der Waals surface area contributed by atoms with Crippen LogP contribution in [0.1, 0.15) is 40.0 Å². The minimum atomic E-state index is 0.884. The minimum Gasteiger partial charge on any atom is -0.381 e. The van der Waals surface area contributed by atoms with Crippen LogP contribution < -0.4 is 0 Å². The summed E-state index contributed by atoms with van der Waals surface area (Å²) in [4.78, 5) is 0. The summed E-state index contributed by atoms with van der Waals surface area (Å²) in [6.45, 7) is 8.64. The fourth-order valence-electron chi connectivity index (χ4n) is 0.510. The average molecular weight is 144 g/mol. The molecule has 0 atom stereocenters. The van der Waals surface area contributed by atoms with Crippen molar-refractivity contribution in [3.05, 3.63) is 0 Å². The molecule has 0 unspecified atom stereocenters. The van der Waals surface area contributed by atoms with E-state index in [9.17, 15) is 0 Å². The van der Waals surface area contributed by atoms with E-state index in [0.717, 1.165) is 19.1 Å². The van der Waals surface area contributed by atoms with E-state index >= 15 is 0 Å². The van der Waals surface area contributed by atoms with Crippen LogP contribution in [0.4, 0.5) is 0 Å². The maximum Gasteiger partial charge on any atom is 0.0466 e. The van der Waals surface area contributed by atoms with Gasteiger partial charge in [0.15, 0.2) is 0 Å². The lowest BCUT2D eigenvalue weighted by molar-refractivity contribution is 0.198. The van der Waals surface area contributed by atoms with Gasteiger partial charge in [0, 0.05) is 13.2 Å². The Morgan fingerprint density at radius 1 is 1.20 bits per heavy atom. The molecule has 1 aliphatic rings. The van der Waals surface area contributed by atoms with E-state index in [1.54, 1.807) is 0 Å². The van der Waals surface area contributed by atoms with Crippen molar-refractivity contribution in [1.82, 2.24) is 0 Å². The first-order valence-corrected chi connectivity index (χ1v) is 4.35. The second-order valence-corrected chi connectivity index (χ2v) is 3.12. The highest BCUT2D eigenvalue weighted by Gasteiger charge is 1.94. The van der Waals surface area contributed by atoms with E-state index in [0.29, 0.717) is 0 Å². The predicted octanol–water partition coefficient (Wildman–Crippen LogP) is 2.85. The molecule has 0 saturated carbocycles. The van der Waals surface area contributed by atoms with Crippen LogP contribution in [0, 0.1) is 5.92 Å². The SMILES string of the molecule is C1CCOC1.CCC(C)C. The normalized spacial score (nSPS) is 16.8. The van der Waals surface area contributed by atoms with E-state index in [1.807, 2.05) is 0 Å². The highest BCUT2D eigenvalue weighted by atomic mass is 16.5. The standard InChI is InChI=1S/C5H12.C4H8O/c1-4-5(2)3;1-2-4-5-3-1/h5H,4H2,1-3H3;1-4H2. The smallest absolute Gasteiger partial charge is 0.0466 e. The number of hydrogen-bond donors (Lipinski definition) is 0. The summed E-state index contributed by atoms with van der Waals surface area (Å²) < 4.78 is 4.94. The molecule has 0 aromatic carbocycles. The van der Waals surface area contributed by atoms with Gasteiger partial charge >= 0.3 is 0 Å². The lowest BCUT2D eigenvalue weighted by Gasteiger charge is -1.90. The summed E-state index contributed by atoms with van der Waals surface area (Å²) in [5, 5.41) is 0. The molecule has 1 fully saturated rings. The van der Waals surface area contributed by atoms with Gasteiger partial charge in [-0.05, 0) is 18.8 Å². The zero-order valence-electron chi connectivity index (χ0n) is 7.52. The third-order valence-electron chi connectivity index (χ3n) is 1.64. The molecule has 1 saturated heterocycles. The highest BCUT2D eigenvalue weighted by molar-refractivity contribution is 4.43. The van der Waals surface area contributed by atoms with Crippen molar-refractivity contribution in [3.63, 3.8) is 0 Å². The van der Waals surface area contributed by atoms with Crippen molar-refractivity contribution < 1.29 is 4.74 Å². The Balaban J connectivity index is 0.000000162. The van der Waals surface area contributed by atoms with Crippen molar-refractivity contribution in [3.8, 4) is 0 Å². The summed E-state index contributed by atoms with van der Waals surface area (Å²) in [5.41, 5.74) is 0. The molecule has 1 heterocycles. The fraction of sp³-hybridized carbons (Fsp3) is 1.00. The van der Waals surface area contributed by atoms with Crippen molar-refractivity contribution in [1.29, 1.82) is 0 Å². The zero-order valence-corrected chi connectivity index (χ0v) is 7.52. The molecule has 1 heteroatoms. The van der Waals surface area contributed by atoms with Gasteiger partial charge in [0.2, 0.25) is 0 Å². The summed E-state index contributed by atoms with van der Waals surface area (Å²) in [5.74, 6) is 0.884. The molecule has 0 N–H and O–H groups in total. The van der Waals surface area contributed by atoms with Gasteiger partial charge in [-0.25, -0.2) is 0 Å². The van der Waals surface area contributed by atoms with Crippen molar-refractivity contribution in [2.24, 2.45) is 5.92 Å². The summed E-state index contributed by atoms with van der Waals surface area (Å²) in [6, 6.07) is 0. The van der Waals surface area contributed by atoms with Crippen LogP contribution in [0.15, 0.2) is 0 Å². The van der Waals surface area contributed by atoms with Crippen LogP contribution in [-0.4, -0.2) is 13.2 Å². The van der Waals surface area contributed by atoms with E-state index in [2.05, 4.69) is 20.8 Å². The van der Waals surface area contributed by atoms with Gasteiger partial charge in [-0.1, -0.05) is 27.2 Å². The average Bonchev–Trinajstić information content (AvgIpc) is 2.43. The third kappa shape index (κ3) is 7.96. The zero-order chi connectivity index (χ0) is 7.82. The van der Waals surface area contributed by atoms with Crippen LogP contribution in [0.5, 0.6) is 0 Å². The Morgan fingerprint density at radius 2 is 1.60 bits per heavy atom. The molecule has 62 valence electrons. The van der Waals surface area contributed by atoms with Crippen LogP contribution in [-0.2, 0) is 4.74 Å². The fourth-order valence-corrected chi connectivity index (χ4v) is 0.510. The molecule has 10 heavy (non-hydrogen) atoms. The second kappa shape index (κ2) is 7.07. The van der Waals surface area contributed by atoms with Gasteiger partial charge in [-0.15, -0.1) is 0 Å². The first-order chi connectivity index (χ1) is 4.77. The molecule has 0 radical (unpaired) electrons. The maximum atomic E-state index is 4.94.